The van der Waals surface area contributed by atoms with E-state index in [1.165, 1.54) is 0 Å². The molecular formula is C21H26N6O3. The number of aromatic nitrogens is 4. The van der Waals surface area contributed by atoms with E-state index in [1.54, 1.807) is 4.52 Å². The number of hydrogen-bond acceptors (Lipinski definition) is 7. The molecule has 1 aliphatic heterocycles. The van der Waals surface area contributed by atoms with Gasteiger partial charge in [-0.05, 0) is 39.8 Å². The molecule has 2 aromatic heterocycles. The van der Waals surface area contributed by atoms with Gasteiger partial charge in [0.2, 0.25) is 11.9 Å². The minimum absolute atomic E-state index is 0.118. The van der Waals surface area contributed by atoms with Gasteiger partial charge in [-0.15, -0.1) is 5.10 Å². The molecule has 3 aromatic rings. The van der Waals surface area contributed by atoms with Gasteiger partial charge >= 0.3 is 0 Å². The third-order valence-corrected chi connectivity index (χ3v) is 5.26. The summed E-state index contributed by atoms with van der Waals surface area (Å²) in [5.74, 6) is 2.11. The number of benzene rings is 1. The van der Waals surface area contributed by atoms with Crippen molar-refractivity contribution >= 4 is 17.6 Å². The van der Waals surface area contributed by atoms with Crippen molar-refractivity contribution in [3.05, 3.63) is 40.2 Å². The van der Waals surface area contributed by atoms with E-state index in [2.05, 4.69) is 20.4 Å². The molecule has 0 fully saturated rings. The third kappa shape index (κ3) is 3.74. The molecule has 4 rings (SSSR count). The van der Waals surface area contributed by atoms with Gasteiger partial charge in [-0.1, -0.05) is 0 Å². The predicted molar refractivity (Wildman–Crippen MR) is 112 cm³/mol. The van der Waals surface area contributed by atoms with Crippen LogP contribution in [0.2, 0.25) is 0 Å². The molecule has 30 heavy (non-hydrogen) atoms. The number of aryl methyl sites for hydroxylation is 2. The van der Waals surface area contributed by atoms with Gasteiger partial charge in [-0.3, -0.25) is 4.79 Å². The second kappa shape index (κ2) is 7.81. The third-order valence-electron chi connectivity index (χ3n) is 5.26. The highest BCUT2D eigenvalue weighted by Crippen LogP contribution is 2.35. The quantitative estimate of drug-likeness (QED) is 0.637. The van der Waals surface area contributed by atoms with E-state index in [9.17, 15) is 4.79 Å². The number of nitrogens with zero attached hydrogens (tertiary/aromatic N) is 4. The zero-order valence-corrected chi connectivity index (χ0v) is 17.7. The second-order valence-electron chi connectivity index (χ2n) is 7.53. The lowest BCUT2D eigenvalue weighted by molar-refractivity contribution is -0.120. The number of hydrogen-bond donors (Lipinski definition) is 2. The van der Waals surface area contributed by atoms with Gasteiger partial charge in [-0.25, -0.2) is 4.98 Å². The van der Waals surface area contributed by atoms with Crippen LogP contribution < -0.4 is 20.5 Å². The standard InChI is InChI=1S/C21H26N6O3/c1-5-29-17-7-14-6-11(2)30-18(14)8-15(17)10-23-19(28)9-16-12(3)24-21-25-20(22)26-27(21)13(16)4/h7-8,11H,5-6,9-10H2,1-4H3,(H2,22,26)(H,23,28). The molecule has 1 amide bonds. The lowest BCUT2D eigenvalue weighted by Crippen LogP contribution is -2.26. The van der Waals surface area contributed by atoms with Crippen LogP contribution in [0.1, 0.15) is 41.9 Å². The van der Waals surface area contributed by atoms with Crippen molar-refractivity contribution in [2.24, 2.45) is 0 Å². The number of anilines is 1. The van der Waals surface area contributed by atoms with E-state index in [0.717, 1.165) is 46.0 Å². The van der Waals surface area contributed by atoms with Crippen molar-refractivity contribution < 1.29 is 14.3 Å². The largest absolute Gasteiger partial charge is 0.494 e. The molecule has 1 aromatic carbocycles. The number of ether oxygens (including phenoxy) is 2. The molecule has 0 bridgehead atoms. The number of nitrogen functional groups attached to an aromatic ring is 1. The molecule has 3 heterocycles. The SMILES string of the molecule is CCOc1cc2c(cc1CNC(=O)Cc1c(C)nc3nc(N)nn3c1C)OC(C)C2. The summed E-state index contributed by atoms with van der Waals surface area (Å²) in [7, 11) is 0. The first-order valence-corrected chi connectivity index (χ1v) is 10.1. The van der Waals surface area contributed by atoms with Crippen LogP contribution >= 0.6 is 0 Å². The maximum Gasteiger partial charge on any atom is 0.254 e. The average molecular weight is 410 g/mol. The molecule has 1 atom stereocenters. The molecule has 158 valence electrons. The van der Waals surface area contributed by atoms with Crippen LogP contribution in [0.3, 0.4) is 0 Å². The van der Waals surface area contributed by atoms with Gasteiger partial charge in [-0.2, -0.15) is 9.50 Å². The van der Waals surface area contributed by atoms with Gasteiger partial charge in [0.1, 0.15) is 17.6 Å². The highest BCUT2D eigenvalue weighted by Gasteiger charge is 2.22. The van der Waals surface area contributed by atoms with Crippen LogP contribution in [-0.4, -0.2) is 38.2 Å². The van der Waals surface area contributed by atoms with E-state index in [0.29, 0.717) is 18.9 Å². The molecule has 0 saturated heterocycles. The first-order chi connectivity index (χ1) is 14.4. The van der Waals surface area contributed by atoms with Crippen molar-refractivity contribution in [1.82, 2.24) is 24.9 Å². The van der Waals surface area contributed by atoms with Crippen LogP contribution in [0.4, 0.5) is 5.95 Å². The summed E-state index contributed by atoms with van der Waals surface area (Å²) < 4.78 is 13.2. The summed E-state index contributed by atoms with van der Waals surface area (Å²) in [6.07, 6.45) is 1.20. The Labute approximate surface area is 174 Å². The summed E-state index contributed by atoms with van der Waals surface area (Å²) in [5, 5.41) is 7.13. The van der Waals surface area contributed by atoms with E-state index >= 15 is 0 Å². The lowest BCUT2D eigenvalue weighted by Gasteiger charge is -2.14. The van der Waals surface area contributed by atoms with Crippen molar-refractivity contribution in [2.45, 2.75) is 53.2 Å². The fourth-order valence-corrected chi connectivity index (χ4v) is 3.81. The second-order valence-corrected chi connectivity index (χ2v) is 7.53. The fourth-order valence-electron chi connectivity index (χ4n) is 3.81. The number of rotatable bonds is 6. The van der Waals surface area contributed by atoms with Crippen LogP contribution in [0, 0.1) is 13.8 Å². The molecule has 0 spiro atoms. The Morgan fingerprint density at radius 1 is 1.37 bits per heavy atom. The number of carbonyl (C=O) groups is 1. The van der Waals surface area contributed by atoms with Crippen molar-refractivity contribution in [3.63, 3.8) is 0 Å². The summed E-state index contributed by atoms with van der Waals surface area (Å²) in [6, 6.07) is 3.98. The van der Waals surface area contributed by atoms with Gasteiger partial charge in [0.15, 0.2) is 0 Å². The predicted octanol–water partition coefficient (Wildman–Crippen LogP) is 1.90. The first-order valence-electron chi connectivity index (χ1n) is 10.1. The first kappa shape index (κ1) is 19.9. The van der Waals surface area contributed by atoms with Gasteiger partial charge in [0.25, 0.3) is 5.78 Å². The Kier molecular flexibility index (Phi) is 5.19. The Bertz CT molecular complexity index is 1120. The number of carbonyl (C=O) groups excluding carboxylic acids is 1. The molecule has 1 unspecified atom stereocenters. The minimum atomic E-state index is -0.118. The topological polar surface area (TPSA) is 117 Å². The Morgan fingerprint density at radius 3 is 2.93 bits per heavy atom. The summed E-state index contributed by atoms with van der Waals surface area (Å²) in [4.78, 5) is 21.2. The Morgan fingerprint density at radius 2 is 2.17 bits per heavy atom. The normalized spacial score (nSPS) is 15.1. The molecule has 3 N–H and O–H groups in total. The highest BCUT2D eigenvalue weighted by molar-refractivity contribution is 5.79. The molecule has 1 aliphatic rings. The Balaban J connectivity index is 1.51. The van der Waals surface area contributed by atoms with Crippen molar-refractivity contribution in [1.29, 1.82) is 0 Å². The number of nitrogens with two attached hydrogens (primary N) is 1. The number of fused-ring (bicyclic) bond motifs is 2. The highest BCUT2D eigenvalue weighted by atomic mass is 16.5. The average Bonchev–Trinajstić information content (AvgIpc) is 3.24. The lowest BCUT2D eigenvalue weighted by atomic mass is 10.1. The minimum Gasteiger partial charge on any atom is -0.494 e. The summed E-state index contributed by atoms with van der Waals surface area (Å²) in [5.41, 5.74) is 10.0. The van der Waals surface area contributed by atoms with Crippen LogP contribution in [0.15, 0.2) is 12.1 Å². The van der Waals surface area contributed by atoms with E-state index in [1.807, 2.05) is 39.8 Å². The van der Waals surface area contributed by atoms with Gasteiger partial charge < -0.3 is 20.5 Å². The molecule has 0 radical (unpaired) electrons. The van der Waals surface area contributed by atoms with Crippen molar-refractivity contribution in [3.8, 4) is 11.5 Å². The van der Waals surface area contributed by atoms with Crippen LogP contribution in [0.5, 0.6) is 11.5 Å². The van der Waals surface area contributed by atoms with Gasteiger partial charge in [0.05, 0.1) is 13.0 Å². The number of nitrogens with one attached hydrogen (secondary N) is 1. The summed E-state index contributed by atoms with van der Waals surface area (Å²) >= 11 is 0. The van der Waals surface area contributed by atoms with Crippen LogP contribution in [0.25, 0.3) is 5.78 Å². The molecular weight excluding hydrogens is 384 g/mol. The van der Waals surface area contributed by atoms with E-state index < -0.39 is 0 Å². The van der Waals surface area contributed by atoms with Crippen LogP contribution in [-0.2, 0) is 24.2 Å². The molecule has 9 nitrogen and oxygen atoms in total. The number of amides is 1. The zero-order valence-electron chi connectivity index (χ0n) is 17.7. The van der Waals surface area contributed by atoms with Gasteiger partial charge in [0, 0.05) is 41.0 Å². The molecule has 0 saturated carbocycles. The molecule has 0 aliphatic carbocycles. The maximum absolute atomic E-state index is 12.7. The van der Waals surface area contributed by atoms with E-state index in [4.69, 9.17) is 15.2 Å². The smallest absolute Gasteiger partial charge is 0.254 e. The van der Waals surface area contributed by atoms with E-state index in [-0.39, 0.29) is 24.4 Å². The molecule has 9 heteroatoms. The monoisotopic (exact) mass is 410 g/mol. The summed E-state index contributed by atoms with van der Waals surface area (Å²) in [6.45, 7) is 8.63. The fraction of sp³-hybridized carbons (Fsp3) is 0.429. The maximum atomic E-state index is 12.7. The Hall–Kier alpha value is -3.36. The van der Waals surface area contributed by atoms with Crippen molar-refractivity contribution in [2.75, 3.05) is 12.3 Å². The zero-order chi connectivity index (χ0) is 21.4.